The highest BCUT2D eigenvalue weighted by Gasteiger charge is 2.11. The molecule has 4 nitrogen and oxygen atoms in total. The van der Waals surface area contributed by atoms with Crippen LogP contribution < -0.4 is 0 Å². The minimum atomic E-state index is -0.973. The number of carbonyl (C=O) groups is 1. The van der Waals surface area contributed by atoms with Gasteiger partial charge < -0.3 is 10.1 Å². The van der Waals surface area contributed by atoms with Gasteiger partial charge in [0, 0.05) is 27.2 Å². The average molecular weight is 349 g/mol. The third kappa shape index (κ3) is 2.52. The molecule has 3 aromatic rings. The summed E-state index contributed by atoms with van der Waals surface area (Å²) < 4.78 is 1.02. The second kappa shape index (κ2) is 5.22. The fraction of sp³-hybridized carbons (Fsp3) is 0. The largest absolute Gasteiger partial charge is 0.477 e. The third-order valence-corrected chi connectivity index (χ3v) is 4.22. The first-order valence-electron chi connectivity index (χ1n) is 5.77. The van der Waals surface area contributed by atoms with Gasteiger partial charge in [0.1, 0.15) is 10.7 Å². The highest BCUT2D eigenvalue weighted by atomic mass is 79.9. The molecule has 0 aliphatic rings. The molecule has 2 heterocycles. The van der Waals surface area contributed by atoms with Gasteiger partial charge in [-0.25, -0.2) is 9.78 Å². The lowest BCUT2D eigenvalue weighted by Gasteiger charge is -1.95. The molecule has 0 saturated heterocycles. The van der Waals surface area contributed by atoms with Crippen molar-refractivity contribution in [2.24, 2.45) is 0 Å². The molecule has 2 aromatic heterocycles. The quantitative estimate of drug-likeness (QED) is 0.742. The summed E-state index contributed by atoms with van der Waals surface area (Å²) in [6.45, 7) is 0. The van der Waals surface area contributed by atoms with E-state index in [2.05, 4.69) is 25.9 Å². The number of halogens is 1. The average Bonchev–Trinajstić information content (AvgIpc) is 3.08. The van der Waals surface area contributed by atoms with Crippen LogP contribution in [0.2, 0.25) is 0 Å². The lowest BCUT2D eigenvalue weighted by molar-refractivity contribution is 0.0691. The standard InChI is InChI=1S/C14H9BrN2O2S/c15-10-3-1-8(2-4-10)13-17-12(7-20-13)9-5-11(14(18)19)16-6-9/h1-7,16H,(H,18,19). The maximum Gasteiger partial charge on any atom is 0.352 e. The van der Waals surface area contributed by atoms with Crippen LogP contribution in [0.3, 0.4) is 0 Å². The molecule has 0 amide bonds. The molecule has 20 heavy (non-hydrogen) atoms. The number of aromatic carboxylic acids is 1. The molecule has 0 spiro atoms. The van der Waals surface area contributed by atoms with Crippen LogP contribution in [0.4, 0.5) is 0 Å². The molecule has 0 atom stereocenters. The monoisotopic (exact) mass is 348 g/mol. The first kappa shape index (κ1) is 13.1. The Hall–Kier alpha value is -1.92. The van der Waals surface area contributed by atoms with Gasteiger partial charge in [-0.15, -0.1) is 11.3 Å². The third-order valence-electron chi connectivity index (χ3n) is 2.80. The zero-order valence-electron chi connectivity index (χ0n) is 10.1. The normalized spacial score (nSPS) is 10.7. The number of aromatic amines is 1. The summed E-state index contributed by atoms with van der Waals surface area (Å²) in [7, 11) is 0. The van der Waals surface area contributed by atoms with Gasteiger partial charge in [0.25, 0.3) is 0 Å². The van der Waals surface area contributed by atoms with Gasteiger partial charge in [0.2, 0.25) is 0 Å². The van der Waals surface area contributed by atoms with Crippen molar-refractivity contribution in [2.75, 3.05) is 0 Å². The molecule has 0 radical (unpaired) electrons. The maximum absolute atomic E-state index is 10.9. The van der Waals surface area contributed by atoms with E-state index >= 15 is 0 Å². The van der Waals surface area contributed by atoms with E-state index in [1.807, 2.05) is 29.6 Å². The van der Waals surface area contributed by atoms with Gasteiger partial charge in [-0.05, 0) is 18.2 Å². The van der Waals surface area contributed by atoms with Gasteiger partial charge in [-0.3, -0.25) is 0 Å². The SMILES string of the molecule is O=C(O)c1cc(-c2csc(-c3ccc(Br)cc3)n2)c[nH]1. The number of rotatable bonds is 3. The Morgan fingerprint density at radius 2 is 2.00 bits per heavy atom. The van der Waals surface area contributed by atoms with Gasteiger partial charge in [0.15, 0.2) is 0 Å². The highest BCUT2D eigenvalue weighted by molar-refractivity contribution is 9.10. The van der Waals surface area contributed by atoms with Crippen molar-refractivity contribution < 1.29 is 9.90 Å². The molecule has 3 rings (SSSR count). The molecule has 0 bridgehead atoms. The molecule has 0 aliphatic heterocycles. The van der Waals surface area contributed by atoms with E-state index < -0.39 is 5.97 Å². The number of H-pyrrole nitrogens is 1. The summed E-state index contributed by atoms with van der Waals surface area (Å²) in [5, 5.41) is 11.7. The van der Waals surface area contributed by atoms with Crippen molar-refractivity contribution in [1.82, 2.24) is 9.97 Å². The zero-order valence-corrected chi connectivity index (χ0v) is 12.5. The van der Waals surface area contributed by atoms with Crippen molar-refractivity contribution in [1.29, 1.82) is 0 Å². The van der Waals surface area contributed by atoms with E-state index in [0.29, 0.717) is 0 Å². The Kier molecular flexibility index (Phi) is 3.42. The van der Waals surface area contributed by atoms with E-state index in [0.717, 1.165) is 26.3 Å². The first-order valence-corrected chi connectivity index (χ1v) is 7.44. The molecule has 6 heteroatoms. The predicted octanol–water partition coefficient (Wildman–Crippen LogP) is 4.27. The van der Waals surface area contributed by atoms with Crippen molar-refractivity contribution in [3.63, 3.8) is 0 Å². The van der Waals surface area contributed by atoms with Crippen LogP contribution in [-0.2, 0) is 0 Å². The van der Waals surface area contributed by atoms with Crippen molar-refractivity contribution in [3.05, 3.63) is 52.1 Å². The van der Waals surface area contributed by atoms with E-state index in [9.17, 15) is 4.79 Å². The first-order chi connectivity index (χ1) is 9.63. The van der Waals surface area contributed by atoms with E-state index in [1.54, 1.807) is 12.3 Å². The molecule has 1 aromatic carbocycles. The topological polar surface area (TPSA) is 66.0 Å². The van der Waals surface area contributed by atoms with E-state index in [1.165, 1.54) is 11.3 Å². The molecule has 0 aliphatic carbocycles. The highest BCUT2D eigenvalue weighted by Crippen LogP contribution is 2.29. The van der Waals surface area contributed by atoms with Gasteiger partial charge in [-0.2, -0.15) is 0 Å². The smallest absolute Gasteiger partial charge is 0.352 e. The number of hydrogen-bond donors (Lipinski definition) is 2. The van der Waals surface area contributed by atoms with Crippen LogP contribution in [0, 0.1) is 0 Å². The predicted molar refractivity (Wildman–Crippen MR) is 82.0 cm³/mol. The van der Waals surface area contributed by atoms with E-state index in [4.69, 9.17) is 5.11 Å². The number of carboxylic acids is 1. The van der Waals surface area contributed by atoms with Crippen molar-refractivity contribution in [2.45, 2.75) is 0 Å². The summed E-state index contributed by atoms with van der Waals surface area (Å²) in [5.74, 6) is -0.973. The minimum absolute atomic E-state index is 0.165. The maximum atomic E-state index is 10.9. The number of benzene rings is 1. The van der Waals surface area contributed by atoms with Crippen LogP contribution >= 0.6 is 27.3 Å². The van der Waals surface area contributed by atoms with Crippen molar-refractivity contribution in [3.8, 4) is 21.8 Å². The van der Waals surface area contributed by atoms with Gasteiger partial charge in [-0.1, -0.05) is 28.1 Å². The number of carboxylic acid groups (broad SMARTS) is 1. The fourth-order valence-electron chi connectivity index (χ4n) is 1.80. The lowest BCUT2D eigenvalue weighted by Crippen LogP contribution is -1.94. The van der Waals surface area contributed by atoms with Gasteiger partial charge >= 0.3 is 5.97 Å². The number of hydrogen-bond acceptors (Lipinski definition) is 3. The number of nitrogens with one attached hydrogen (secondary N) is 1. The second-order valence-corrected chi connectivity index (χ2v) is 5.93. The Bertz CT molecular complexity index is 762. The van der Waals surface area contributed by atoms with Crippen LogP contribution in [0.1, 0.15) is 10.5 Å². The number of aromatic nitrogens is 2. The number of thiazole rings is 1. The Labute approximate surface area is 127 Å². The summed E-state index contributed by atoms with van der Waals surface area (Å²) in [6.07, 6.45) is 1.66. The van der Waals surface area contributed by atoms with E-state index in [-0.39, 0.29) is 5.69 Å². The van der Waals surface area contributed by atoms with Crippen LogP contribution in [-0.4, -0.2) is 21.0 Å². The van der Waals surface area contributed by atoms with Crippen LogP contribution in [0.25, 0.3) is 21.8 Å². The van der Waals surface area contributed by atoms with Crippen LogP contribution in [0.5, 0.6) is 0 Å². The lowest BCUT2D eigenvalue weighted by atomic mass is 10.2. The zero-order chi connectivity index (χ0) is 14.1. The molecule has 0 unspecified atom stereocenters. The number of nitrogens with zero attached hydrogens (tertiary/aromatic N) is 1. The molecular formula is C14H9BrN2O2S. The van der Waals surface area contributed by atoms with Gasteiger partial charge in [0.05, 0.1) is 5.69 Å². The summed E-state index contributed by atoms with van der Waals surface area (Å²) in [5.41, 5.74) is 2.76. The molecule has 100 valence electrons. The molecule has 0 fully saturated rings. The van der Waals surface area contributed by atoms with Crippen molar-refractivity contribution >= 4 is 33.2 Å². The summed E-state index contributed by atoms with van der Waals surface area (Å²) >= 11 is 4.93. The Morgan fingerprint density at radius 3 is 2.65 bits per heavy atom. The Balaban J connectivity index is 1.93. The molecule has 2 N–H and O–H groups in total. The fourth-order valence-corrected chi connectivity index (χ4v) is 2.90. The second-order valence-electron chi connectivity index (χ2n) is 4.15. The summed E-state index contributed by atoms with van der Waals surface area (Å²) in [6, 6.07) is 9.51. The minimum Gasteiger partial charge on any atom is -0.477 e. The summed E-state index contributed by atoms with van der Waals surface area (Å²) in [4.78, 5) is 18.1. The molecule has 0 saturated carbocycles. The molecular weight excluding hydrogens is 340 g/mol. The van der Waals surface area contributed by atoms with Crippen LogP contribution in [0.15, 0.2) is 46.4 Å². The Morgan fingerprint density at radius 1 is 1.25 bits per heavy atom.